The second-order valence-corrected chi connectivity index (χ2v) is 6.56. The van der Waals surface area contributed by atoms with Crippen LogP contribution in [-0.2, 0) is 0 Å². The molecule has 7 heteroatoms. The third kappa shape index (κ3) is 3.98. The normalized spacial score (nSPS) is 11.2. The number of hydrogen-bond donors (Lipinski definition) is 2. The van der Waals surface area contributed by atoms with Crippen molar-refractivity contribution in [1.82, 2.24) is 14.5 Å². The summed E-state index contributed by atoms with van der Waals surface area (Å²) in [6, 6.07) is 12.7. The van der Waals surface area contributed by atoms with Gasteiger partial charge in [0.25, 0.3) is 11.5 Å². The van der Waals surface area contributed by atoms with E-state index in [-0.39, 0.29) is 23.1 Å². The van der Waals surface area contributed by atoms with Crippen LogP contribution in [0, 0.1) is 0 Å². The lowest BCUT2D eigenvalue weighted by molar-refractivity contribution is 0.0996. The number of benzene rings is 1. The molecule has 0 saturated heterocycles. The first-order valence-corrected chi connectivity index (χ1v) is 8.80. The molecule has 0 spiro atoms. The summed E-state index contributed by atoms with van der Waals surface area (Å²) in [6.45, 7) is 3.82. The fourth-order valence-electron chi connectivity index (χ4n) is 2.76. The maximum Gasteiger partial charge on any atom is 0.271 e. The number of rotatable bonds is 5. The van der Waals surface area contributed by atoms with Crippen molar-refractivity contribution in [2.45, 2.75) is 19.9 Å². The number of hydrogen-bond acceptors (Lipinski definition) is 5. The summed E-state index contributed by atoms with van der Waals surface area (Å²) in [5, 5.41) is 0. The number of pyridine rings is 1. The second kappa shape index (κ2) is 7.87. The van der Waals surface area contributed by atoms with Crippen LogP contribution in [0.3, 0.4) is 0 Å². The quantitative estimate of drug-likeness (QED) is 0.711. The molecule has 142 valence electrons. The van der Waals surface area contributed by atoms with Gasteiger partial charge in [-0.05, 0) is 31.6 Å². The average Bonchev–Trinajstić information content (AvgIpc) is 2.67. The van der Waals surface area contributed by atoms with Crippen molar-refractivity contribution >= 4 is 23.9 Å². The Morgan fingerprint density at radius 3 is 2.43 bits per heavy atom. The molecule has 0 aliphatic carbocycles. The van der Waals surface area contributed by atoms with E-state index in [4.69, 9.17) is 11.5 Å². The molecule has 4 N–H and O–H groups in total. The monoisotopic (exact) mass is 375 g/mol. The molecule has 0 saturated carbocycles. The zero-order valence-electron chi connectivity index (χ0n) is 15.7. The number of primary amides is 1. The highest BCUT2D eigenvalue weighted by atomic mass is 16.1. The lowest BCUT2D eigenvalue weighted by atomic mass is 10.1. The topological polar surface area (TPSA) is 117 Å². The maximum atomic E-state index is 12.1. The predicted molar refractivity (Wildman–Crippen MR) is 110 cm³/mol. The first kappa shape index (κ1) is 19.0. The van der Waals surface area contributed by atoms with Crippen LogP contribution in [0.25, 0.3) is 23.4 Å². The van der Waals surface area contributed by atoms with Gasteiger partial charge in [-0.1, -0.05) is 36.4 Å². The molecule has 28 heavy (non-hydrogen) atoms. The zero-order chi connectivity index (χ0) is 20.3. The van der Waals surface area contributed by atoms with Gasteiger partial charge in [0.1, 0.15) is 0 Å². The van der Waals surface area contributed by atoms with Crippen LogP contribution < -0.4 is 17.0 Å². The number of nitrogens with two attached hydrogens (primary N) is 2. The number of carbonyl (C=O) groups excluding carboxylic acids is 1. The molecule has 0 bridgehead atoms. The minimum atomic E-state index is -0.762. The van der Waals surface area contributed by atoms with Crippen LogP contribution in [0.4, 0.5) is 5.82 Å². The lowest BCUT2D eigenvalue weighted by Crippen LogP contribution is -2.21. The third-order valence-corrected chi connectivity index (χ3v) is 4.18. The molecule has 7 nitrogen and oxygen atoms in total. The van der Waals surface area contributed by atoms with Crippen molar-refractivity contribution in [3.63, 3.8) is 0 Å². The largest absolute Gasteiger partial charge is 0.382 e. The standard InChI is InChI=1S/C21H21N5O2/c1-13(2)26-12-15(9-11-17(26)27)18-16(10-8-14-6-4-3-5-7-14)24-20(22)19(25-18)21(23)28/h3-13H,1-2H3,(H2,22,24)(H2,23,28)/b10-8+. The third-order valence-electron chi connectivity index (χ3n) is 4.18. The van der Waals surface area contributed by atoms with Gasteiger partial charge in [-0.25, -0.2) is 9.97 Å². The Morgan fingerprint density at radius 1 is 1.07 bits per heavy atom. The van der Waals surface area contributed by atoms with Crippen molar-refractivity contribution in [3.05, 3.63) is 76.0 Å². The number of carbonyl (C=O) groups is 1. The molecule has 0 aliphatic rings. The van der Waals surface area contributed by atoms with E-state index in [0.29, 0.717) is 17.0 Å². The minimum absolute atomic E-state index is 0.0342. The molecule has 3 aromatic rings. The summed E-state index contributed by atoms with van der Waals surface area (Å²) in [4.78, 5) is 32.5. The molecule has 0 atom stereocenters. The SMILES string of the molecule is CC(C)n1cc(-c2nc(C(N)=O)c(N)nc2/C=C/c2ccccc2)ccc1=O. The van der Waals surface area contributed by atoms with Crippen molar-refractivity contribution in [1.29, 1.82) is 0 Å². The van der Waals surface area contributed by atoms with Crippen LogP contribution in [-0.4, -0.2) is 20.4 Å². The average molecular weight is 375 g/mol. The summed E-state index contributed by atoms with van der Waals surface area (Å²) >= 11 is 0. The predicted octanol–water partition coefficient (Wildman–Crippen LogP) is 2.74. The summed E-state index contributed by atoms with van der Waals surface area (Å²) in [5.41, 5.74) is 13.5. The number of anilines is 1. The first-order chi connectivity index (χ1) is 13.4. The van der Waals surface area contributed by atoms with Crippen LogP contribution in [0.2, 0.25) is 0 Å². The highest BCUT2D eigenvalue weighted by Gasteiger charge is 2.16. The molecule has 1 aromatic carbocycles. The molecule has 0 fully saturated rings. The molecule has 0 unspecified atom stereocenters. The number of aromatic nitrogens is 3. The Morgan fingerprint density at radius 2 is 1.79 bits per heavy atom. The van der Waals surface area contributed by atoms with E-state index in [1.807, 2.05) is 50.3 Å². The van der Waals surface area contributed by atoms with E-state index in [9.17, 15) is 9.59 Å². The van der Waals surface area contributed by atoms with Crippen LogP contribution in [0.1, 0.15) is 41.6 Å². The van der Waals surface area contributed by atoms with Crippen molar-refractivity contribution in [2.24, 2.45) is 5.73 Å². The van der Waals surface area contributed by atoms with Gasteiger partial charge in [0.2, 0.25) is 0 Å². The number of amides is 1. The van der Waals surface area contributed by atoms with Crippen LogP contribution >= 0.6 is 0 Å². The number of nitrogen functional groups attached to an aromatic ring is 1. The lowest BCUT2D eigenvalue weighted by Gasteiger charge is -2.13. The van der Waals surface area contributed by atoms with Gasteiger partial charge in [0.15, 0.2) is 11.5 Å². The second-order valence-electron chi connectivity index (χ2n) is 6.56. The van der Waals surface area contributed by atoms with Gasteiger partial charge in [0, 0.05) is 23.9 Å². The van der Waals surface area contributed by atoms with Gasteiger partial charge in [0.05, 0.1) is 11.4 Å². The minimum Gasteiger partial charge on any atom is -0.382 e. The molecule has 2 aromatic heterocycles. The van der Waals surface area contributed by atoms with Crippen molar-refractivity contribution < 1.29 is 4.79 Å². The summed E-state index contributed by atoms with van der Waals surface area (Å²) in [6.07, 6.45) is 5.33. The molecule has 0 radical (unpaired) electrons. The van der Waals surface area contributed by atoms with Gasteiger partial charge in [-0.2, -0.15) is 0 Å². The molecule has 2 heterocycles. The maximum absolute atomic E-state index is 12.1. The van der Waals surface area contributed by atoms with E-state index in [0.717, 1.165) is 5.56 Å². The van der Waals surface area contributed by atoms with Crippen LogP contribution in [0.15, 0.2) is 53.5 Å². The van der Waals surface area contributed by atoms with Crippen molar-refractivity contribution in [3.8, 4) is 11.3 Å². The molecular formula is C21H21N5O2. The Bertz CT molecular complexity index is 1100. The van der Waals surface area contributed by atoms with E-state index in [1.54, 1.807) is 22.9 Å². The highest BCUT2D eigenvalue weighted by Crippen LogP contribution is 2.24. The van der Waals surface area contributed by atoms with E-state index in [1.165, 1.54) is 6.07 Å². The Kier molecular flexibility index (Phi) is 5.35. The van der Waals surface area contributed by atoms with E-state index in [2.05, 4.69) is 9.97 Å². The fourth-order valence-corrected chi connectivity index (χ4v) is 2.76. The van der Waals surface area contributed by atoms with Crippen LogP contribution in [0.5, 0.6) is 0 Å². The molecule has 3 rings (SSSR count). The first-order valence-electron chi connectivity index (χ1n) is 8.80. The Balaban J connectivity index is 2.19. The molecule has 0 aliphatic heterocycles. The highest BCUT2D eigenvalue weighted by molar-refractivity contribution is 5.96. The summed E-state index contributed by atoms with van der Waals surface area (Å²) < 4.78 is 1.59. The number of nitrogens with zero attached hydrogens (tertiary/aromatic N) is 3. The van der Waals surface area contributed by atoms with E-state index < -0.39 is 5.91 Å². The van der Waals surface area contributed by atoms with Crippen molar-refractivity contribution in [2.75, 3.05) is 5.73 Å². The van der Waals surface area contributed by atoms with Gasteiger partial charge >= 0.3 is 0 Å². The van der Waals surface area contributed by atoms with E-state index >= 15 is 0 Å². The zero-order valence-corrected chi connectivity index (χ0v) is 15.7. The Labute approximate surface area is 162 Å². The molecular weight excluding hydrogens is 354 g/mol. The van der Waals surface area contributed by atoms with Gasteiger partial charge in [-0.3, -0.25) is 9.59 Å². The fraction of sp³-hybridized carbons (Fsp3) is 0.143. The summed E-state index contributed by atoms with van der Waals surface area (Å²) in [7, 11) is 0. The smallest absolute Gasteiger partial charge is 0.271 e. The van der Waals surface area contributed by atoms with Gasteiger partial charge in [-0.15, -0.1) is 0 Å². The Hall–Kier alpha value is -3.74. The van der Waals surface area contributed by atoms with Gasteiger partial charge < -0.3 is 16.0 Å². The summed E-state index contributed by atoms with van der Waals surface area (Å²) in [5.74, 6) is -0.803. The molecule has 1 amide bonds.